The fourth-order valence-electron chi connectivity index (χ4n) is 3.17. The number of nitrogens with zero attached hydrogens (tertiary/aromatic N) is 3. The van der Waals surface area contributed by atoms with Crippen LogP contribution in [0.2, 0.25) is 0 Å². The molecule has 0 amide bonds. The number of aliphatic hydroxyl groups excluding tert-OH is 1. The third-order valence-corrected chi connectivity index (χ3v) is 4.36. The van der Waals surface area contributed by atoms with Crippen molar-refractivity contribution in [2.24, 2.45) is 5.92 Å². The molecule has 0 aliphatic carbocycles. The molecule has 2 heterocycles. The highest BCUT2D eigenvalue weighted by molar-refractivity contribution is 5.46. The Balaban J connectivity index is 1.84. The van der Waals surface area contributed by atoms with Gasteiger partial charge in [-0.05, 0) is 39.2 Å². The maximum absolute atomic E-state index is 10.3. The standard InChI is InChI=1S/C15H28N4O/c1-4-5-13-6-7-18(8-13)9-14(20)10-19-12(3)15(16)11(2)17-19/h13-14,20H,4-10,16H2,1-3H3. The van der Waals surface area contributed by atoms with E-state index in [1.165, 1.54) is 19.3 Å². The van der Waals surface area contributed by atoms with Crippen molar-refractivity contribution in [3.05, 3.63) is 11.4 Å². The third kappa shape index (κ3) is 3.52. The first kappa shape index (κ1) is 15.3. The number of aliphatic hydroxyl groups is 1. The summed E-state index contributed by atoms with van der Waals surface area (Å²) in [6, 6.07) is 0. The fourth-order valence-corrected chi connectivity index (χ4v) is 3.17. The Labute approximate surface area is 121 Å². The lowest BCUT2D eigenvalue weighted by atomic mass is 10.0. The van der Waals surface area contributed by atoms with Crippen LogP contribution in [0, 0.1) is 19.8 Å². The molecule has 2 rings (SSSR count). The van der Waals surface area contributed by atoms with E-state index in [4.69, 9.17) is 5.73 Å². The highest BCUT2D eigenvalue weighted by Gasteiger charge is 2.24. The fraction of sp³-hybridized carbons (Fsp3) is 0.800. The van der Waals surface area contributed by atoms with E-state index in [0.717, 1.165) is 42.6 Å². The van der Waals surface area contributed by atoms with E-state index in [1.807, 2.05) is 18.5 Å². The van der Waals surface area contributed by atoms with Crippen LogP contribution >= 0.6 is 0 Å². The molecule has 1 fully saturated rings. The molecular formula is C15H28N4O. The molecule has 5 nitrogen and oxygen atoms in total. The molecule has 0 bridgehead atoms. The Kier molecular flexibility index (Phi) is 5.05. The van der Waals surface area contributed by atoms with Gasteiger partial charge in [0, 0.05) is 13.1 Å². The second kappa shape index (κ2) is 6.59. The number of nitrogen functional groups attached to an aromatic ring is 1. The highest BCUT2D eigenvalue weighted by atomic mass is 16.3. The van der Waals surface area contributed by atoms with Crippen LogP contribution in [0.4, 0.5) is 5.69 Å². The Morgan fingerprint density at radius 2 is 2.15 bits per heavy atom. The van der Waals surface area contributed by atoms with Crippen LogP contribution in [-0.2, 0) is 6.54 Å². The van der Waals surface area contributed by atoms with Crippen molar-refractivity contribution in [1.29, 1.82) is 0 Å². The van der Waals surface area contributed by atoms with Crippen LogP contribution in [0.1, 0.15) is 37.6 Å². The van der Waals surface area contributed by atoms with Gasteiger partial charge in [-0.3, -0.25) is 4.68 Å². The largest absolute Gasteiger partial charge is 0.396 e. The van der Waals surface area contributed by atoms with Crippen molar-refractivity contribution in [1.82, 2.24) is 14.7 Å². The lowest BCUT2D eigenvalue weighted by molar-refractivity contribution is 0.103. The normalized spacial score (nSPS) is 21.5. The average molecular weight is 280 g/mol. The van der Waals surface area contributed by atoms with E-state index >= 15 is 0 Å². The number of hydrogen-bond acceptors (Lipinski definition) is 4. The number of anilines is 1. The molecule has 0 radical (unpaired) electrons. The van der Waals surface area contributed by atoms with Gasteiger partial charge in [-0.1, -0.05) is 13.3 Å². The molecule has 2 unspecified atom stereocenters. The van der Waals surface area contributed by atoms with Gasteiger partial charge in [-0.2, -0.15) is 5.10 Å². The van der Waals surface area contributed by atoms with Crippen molar-refractivity contribution in [3.63, 3.8) is 0 Å². The summed E-state index contributed by atoms with van der Waals surface area (Å²) in [6.07, 6.45) is 3.45. The minimum atomic E-state index is -0.382. The molecule has 1 aromatic rings. The SMILES string of the molecule is CCCC1CCN(CC(O)Cn2nc(C)c(N)c2C)C1. The first-order valence-electron chi connectivity index (χ1n) is 7.71. The van der Waals surface area contributed by atoms with Crippen molar-refractivity contribution in [2.75, 3.05) is 25.4 Å². The van der Waals surface area contributed by atoms with Crippen LogP contribution in [0.25, 0.3) is 0 Å². The number of nitrogens with two attached hydrogens (primary N) is 1. The van der Waals surface area contributed by atoms with Gasteiger partial charge in [0.1, 0.15) is 0 Å². The highest BCUT2D eigenvalue weighted by Crippen LogP contribution is 2.21. The minimum Gasteiger partial charge on any atom is -0.396 e. The smallest absolute Gasteiger partial charge is 0.0862 e. The van der Waals surface area contributed by atoms with Crippen LogP contribution in [-0.4, -0.2) is 45.5 Å². The first-order chi connectivity index (χ1) is 9.51. The zero-order chi connectivity index (χ0) is 14.7. The molecule has 1 saturated heterocycles. The summed E-state index contributed by atoms with van der Waals surface area (Å²) >= 11 is 0. The first-order valence-corrected chi connectivity index (χ1v) is 7.71. The molecule has 0 spiro atoms. The molecule has 1 aliphatic rings. The summed E-state index contributed by atoms with van der Waals surface area (Å²) < 4.78 is 1.83. The maximum Gasteiger partial charge on any atom is 0.0862 e. The van der Waals surface area contributed by atoms with Crippen LogP contribution in [0.15, 0.2) is 0 Å². The van der Waals surface area contributed by atoms with Gasteiger partial charge in [0.2, 0.25) is 0 Å². The van der Waals surface area contributed by atoms with Crippen LogP contribution in [0.5, 0.6) is 0 Å². The van der Waals surface area contributed by atoms with E-state index in [9.17, 15) is 5.11 Å². The Hall–Kier alpha value is -1.07. The molecular weight excluding hydrogens is 252 g/mol. The van der Waals surface area contributed by atoms with Gasteiger partial charge in [-0.25, -0.2) is 0 Å². The maximum atomic E-state index is 10.3. The minimum absolute atomic E-state index is 0.382. The van der Waals surface area contributed by atoms with E-state index in [-0.39, 0.29) is 6.10 Å². The number of likely N-dealkylation sites (tertiary alicyclic amines) is 1. The molecule has 2 atom stereocenters. The monoisotopic (exact) mass is 280 g/mol. The predicted octanol–water partition coefficient (Wildman–Crippen LogP) is 1.57. The lowest BCUT2D eigenvalue weighted by Gasteiger charge is -2.20. The zero-order valence-corrected chi connectivity index (χ0v) is 13.0. The van der Waals surface area contributed by atoms with Crippen molar-refractivity contribution >= 4 is 5.69 Å². The van der Waals surface area contributed by atoms with Gasteiger partial charge in [0.15, 0.2) is 0 Å². The molecule has 0 saturated carbocycles. The molecule has 5 heteroatoms. The molecule has 3 N–H and O–H groups in total. The molecule has 20 heavy (non-hydrogen) atoms. The quantitative estimate of drug-likeness (QED) is 0.830. The lowest BCUT2D eigenvalue weighted by Crippen LogP contribution is -2.33. The summed E-state index contributed by atoms with van der Waals surface area (Å²) in [5, 5.41) is 14.6. The number of hydrogen-bond donors (Lipinski definition) is 2. The second-order valence-electron chi connectivity index (χ2n) is 6.12. The molecule has 0 aromatic carbocycles. The van der Waals surface area contributed by atoms with Gasteiger partial charge >= 0.3 is 0 Å². The number of aryl methyl sites for hydroxylation is 1. The summed E-state index contributed by atoms with van der Waals surface area (Å²) in [5.41, 5.74) is 8.45. The van der Waals surface area contributed by atoms with Gasteiger partial charge in [0.05, 0.1) is 29.7 Å². The van der Waals surface area contributed by atoms with Gasteiger partial charge in [0.25, 0.3) is 0 Å². The van der Waals surface area contributed by atoms with Crippen molar-refractivity contribution < 1.29 is 5.11 Å². The number of rotatable bonds is 6. The van der Waals surface area contributed by atoms with Gasteiger partial charge < -0.3 is 15.7 Å². The Morgan fingerprint density at radius 3 is 2.75 bits per heavy atom. The molecule has 1 aromatic heterocycles. The Morgan fingerprint density at radius 1 is 1.40 bits per heavy atom. The molecule has 114 valence electrons. The van der Waals surface area contributed by atoms with Crippen LogP contribution < -0.4 is 5.73 Å². The average Bonchev–Trinajstić information content (AvgIpc) is 2.92. The summed E-state index contributed by atoms with van der Waals surface area (Å²) in [4.78, 5) is 2.38. The zero-order valence-electron chi connectivity index (χ0n) is 13.0. The van der Waals surface area contributed by atoms with E-state index in [2.05, 4.69) is 16.9 Å². The van der Waals surface area contributed by atoms with Crippen molar-refractivity contribution in [3.8, 4) is 0 Å². The third-order valence-electron chi connectivity index (χ3n) is 4.36. The van der Waals surface area contributed by atoms with Crippen molar-refractivity contribution in [2.45, 2.75) is 52.7 Å². The summed E-state index contributed by atoms with van der Waals surface area (Å²) in [6.45, 7) is 9.60. The Bertz CT molecular complexity index is 443. The number of aromatic nitrogens is 2. The van der Waals surface area contributed by atoms with E-state index in [1.54, 1.807) is 0 Å². The predicted molar refractivity (Wildman–Crippen MR) is 81.6 cm³/mol. The topological polar surface area (TPSA) is 67.3 Å². The molecule has 1 aliphatic heterocycles. The second-order valence-corrected chi connectivity index (χ2v) is 6.12. The van der Waals surface area contributed by atoms with Gasteiger partial charge in [-0.15, -0.1) is 0 Å². The van der Waals surface area contributed by atoms with Crippen LogP contribution in [0.3, 0.4) is 0 Å². The number of β-amino-alcohol motifs (C(OH)–C–C–N with tert-alkyl or cyclic N) is 1. The van der Waals surface area contributed by atoms with E-state index in [0.29, 0.717) is 6.54 Å². The summed E-state index contributed by atoms with van der Waals surface area (Å²) in [5.74, 6) is 0.816. The summed E-state index contributed by atoms with van der Waals surface area (Å²) in [7, 11) is 0. The van der Waals surface area contributed by atoms with E-state index < -0.39 is 0 Å².